The molecular formula is C16H23ClN2O3. The zero-order valence-corrected chi connectivity index (χ0v) is 13.5. The van der Waals surface area contributed by atoms with Crippen LogP contribution in [0.3, 0.4) is 0 Å². The van der Waals surface area contributed by atoms with Gasteiger partial charge >= 0.3 is 6.03 Å². The summed E-state index contributed by atoms with van der Waals surface area (Å²) in [6.45, 7) is 2.58. The van der Waals surface area contributed by atoms with Crippen molar-refractivity contribution in [2.24, 2.45) is 5.92 Å². The van der Waals surface area contributed by atoms with E-state index in [4.69, 9.17) is 21.4 Å². The monoisotopic (exact) mass is 326 g/mol. The molecular weight excluding hydrogens is 304 g/mol. The van der Waals surface area contributed by atoms with Gasteiger partial charge in [0, 0.05) is 12.6 Å². The first-order valence-corrected chi connectivity index (χ1v) is 8.11. The standard InChI is InChI=1S/C16H23ClN2O3/c1-2-22-15-13(17)4-3-5-14(15)19-16(21)18-12-8-6-11(10-20)7-9-12/h3-5,11-12,20H,2,6-10H2,1H3,(H2,18,19,21). The first kappa shape index (κ1) is 16.9. The molecule has 2 amide bonds. The van der Waals surface area contributed by atoms with Crippen LogP contribution in [-0.2, 0) is 0 Å². The van der Waals surface area contributed by atoms with E-state index in [1.807, 2.05) is 6.92 Å². The zero-order chi connectivity index (χ0) is 15.9. The molecule has 1 aliphatic carbocycles. The molecule has 22 heavy (non-hydrogen) atoms. The molecule has 0 aliphatic heterocycles. The maximum atomic E-state index is 12.1. The highest BCUT2D eigenvalue weighted by Crippen LogP contribution is 2.33. The number of rotatable bonds is 5. The number of aliphatic hydroxyl groups excluding tert-OH is 1. The van der Waals surface area contributed by atoms with Crippen molar-refractivity contribution in [1.29, 1.82) is 0 Å². The lowest BCUT2D eigenvalue weighted by atomic mass is 9.87. The second-order valence-electron chi connectivity index (χ2n) is 5.55. The van der Waals surface area contributed by atoms with Crippen LogP contribution in [0.15, 0.2) is 18.2 Å². The minimum atomic E-state index is -0.254. The number of carbonyl (C=O) groups is 1. The summed E-state index contributed by atoms with van der Waals surface area (Å²) in [5.41, 5.74) is 0.566. The number of para-hydroxylation sites is 1. The van der Waals surface area contributed by atoms with Crippen LogP contribution in [0.25, 0.3) is 0 Å². The van der Waals surface area contributed by atoms with Gasteiger partial charge in [-0.1, -0.05) is 17.7 Å². The van der Waals surface area contributed by atoms with Gasteiger partial charge in [0.05, 0.1) is 17.3 Å². The van der Waals surface area contributed by atoms with Gasteiger partial charge < -0.3 is 20.5 Å². The van der Waals surface area contributed by atoms with Crippen molar-refractivity contribution in [2.75, 3.05) is 18.5 Å². The molecule has 1 aliphatic rings. The van der Waals surface area contributed by atoms with E-state index in [0.29, 0.717) is 29.0 Å². The lowest BCUT2D eigenvalue weighted by Gasteiger charge is -2.28. The predicted octanol–water partition coefficient (Wildman–Crippen LogP) is 3.41. The Kier molecular flexibility index (Phi) is 6.34. The Hall–Kier alpha value is -1.46. The van der Waals surface area contributed by atoms with Gasteiger partial charge in [0.1, 0.15) is 0 Å². The molecule has 5 nitrogen and oxygen atoms in total. The van der Waals surface area contributed by atoms with E-state index in [1.54, 1.807) is 18.2 Å². The second kappa shape index (κ2) is 8.25. The molecule has 3 N–H and O–H groups in total. The number of anilines is 1. The molecule has 6 heteroatoms. The van der Waals surface area contributed by atoms with E-state index in [9.17, 15) is 4.79 Å². The van der Waals surface area contributed by atoms with Gasteiger partial charge in [0.15, 0.2) is 5.75 Å². The average Bonchev–Trinajstić information content (AvgIpc) is 2.51. The number of aliphatic hydroxyl groups is 1. The average molecular weight is 327 g/mol. The summed E-state index contributed by atoms with van der Waals surface area (Å²) >= 11 is 6.10. The minimum Gasteiger partial charge on any atom is -0.490 e. The molecule has 122 valence electrons. The van der Waals surface area contributed by atoms with E-state index in [2.05, 4.69) is 10.6 Å². The van der Waals surface area contributed by atoms with Gasteiger partial charge in [-0.15, -0.1) is 0 Å². The number of amides is 2. The van der Waals surface area contributed by atoms with E-state index in [0.717, 1.165) is 25.7 Å². The minimum absolute atomic E-state index is 0.150. The largest absolute Gasteiger partial charge is 0.490 e. The lowest BCUT2D eigenvalue weighted by molar-refractivity contribution is 0.176. The van der Waals surface area contributed by atoms with Crippen molar-refractivity contribution in [3.8, 4) is 5.75 Å². The summed E-state index contributed by atoms with van der Waals surface area (Å²) in [7, 11) is 0. The molecule has 0 atom stereocenters. The molecule has 0 saturated heterocycles. The number of hydrogen-bond acceptors (Lipinski definition) is 3. The SMILES string of the molecule is CCOc1c(Cl)cccc1NC(=O)NC1CCC(CO)CC1. The van der Waals surface area contributed by atoms with Crippen molar-refractivity contribution in [3.63, 3.8) is 0 Å². The summed E-state index contributed by atoms with van der Waals surface area (Å²) in [5.74, 6) is 0.865. The number of carbonyl (C=O) groups excluding carboxylic acids is 1. The van der Waals surface area contributed by atoms with Crippen LogP contribution in [-0.4, -0.2) is 30.4 Å². The summed E-state index contributed by atoms with van der Waals surface area (Å²) in [6, 6.07) is 5.16. The third kappa shape index (κ3) is 4.52. The fourth-order valence-corrected chi connectivity index (χ4v) is 2.96. The van der Waals surface area contributed by atoms with Gasteiger partial charge in [-0.05, 0) is 50.7 Å². The van der Waals surface area contributed by atoms with E-state index in [1.165, 1.54) is 0 Å². The molecule has 0 heterocycles. The van der Waals surface area contributed by atoms with Crippen molar-refractivity contribution >= 4 is 23.3 Å². The maximum Gasteiger partial charge on any atom is 0.319 e. The number of benzene rings is 1. The normalized spacial score (nSPS) is 21.2. The van der Waals surface area contributed by atoms with Crippen molar-refractivity contribution in [3.05, 3.63) is 23.2 Å². The lowest BCUT2D eigenvalue weighted by Crippen LogP contribution is -2.40. The van der Waals surface area contributed by atoms with Crippen molar-refractivity contribution in [1.82, 2.24) is 5.32 Å². The van der Waals surface area contributed by atoms with Gasteiger partial charge in [-0.25, -0.2) is 4.79 Å². The number of halogens is 1. The molecule has 0 bridgehead atoms. The van der Waals surface area contributed by atoms with Crippen LogP contribution < -0.4 is 15.4 Å². The molecule has 0 spiro atoms. The predicted molar refractivity (Wildman–Crippen MR) is 87.6 cm³/mol. The molecule has 1 aromatic carbocycles. The number of ether oxygens (including phenoxy) is 1. The van der Waals surface area contributed by atoms with Gasteiger partial charge in [-0.3, -0.25) is 0 Å². The summed E-state index contributed by atoms with van der Waals surface area (Å²) < 4.78 is 5.49. The van der Waals surface area contributed by atoms with Crippen LogP contribution in [0, 0.1) is 5.92 Å². The Labute approximate surface area is 136 Å². The molecule has 2 rings (SSSR count). The molecule has 1 saturated carbocycles. The number of nitrogens with one attached hydrogen (secondary N) is 2. The molecule has 1 aromatic rings. The van der Waals surface area contributed by atoms with E-state index in [-0.39, 0.29) is 18.7 Å². The third-order valence-corrected chi connectivity index (χ3v) is 4.24. The van der Waals surface area contributed by atoms with Crippen LogP contribution in [0.2, 0.25) is 5.02 Å². The Morgan fingerprint density at radius 2 is 2.09 bits per heavy atom. The van der Waals surface area contributed by atoms with E-state index >= 15 is 0 Å². The summed E-state index contributed by atoms with van der Waals surface area (Å²) in [5, 5.41) is 15.4. The van der Waals surface area contributed by atoms with Crippen molar-refractivity contribution in [2.45, 2.75) is 38.6 Å². The van der Waals surface area contributed by atoms with Crippen molar-refractivity contribution < 1.29 is 14.6 Å². The van der Waals surface area contributed by atoms with Gasteiger partial charge in [0.2, 0.25) is 0 Å². The van der Waals surface area contributed by atoms with Crippen LogP contribution in [0.1, 0.15) is 32.6 Å². The van der Waals surface area contributed by atoms with Crippen LogP contribution >= 0.6 is 11.6 Å². The summed E-state index contributed by atoms with van der Waals surface area (Å²) in [4.78, 5) is 12.1. The quantitative estimate of drug-likeness (QED) is 0.776. The first-order valence-electron chi connectivity index (χ1n) is 7.73. The Bertz CT molecular complexity index is 502. The maximum absolute atomic E-state index is 12.1. The van der Waals surface area contributed by atoms with E-state index < -0.39 is 0 Å². The highest BCUT2D eigenvalue weighted by atomic mass is 35.5. The smallest absolute Gasteiger partial charge is 0.319 e. The second-order valence-corrected chi connectivity index (χ2v) is 5.96. The first-order chi connectivity index (χ1) is 10.6. The fourth-order valence-electron chi connectivity index (χ4n) is 2.73. The third-order valence-electron chi connectivity index (χ3n) is 3.94. The fraction of sp³-hybridized carbons (Fsp3) is 0.562. The highest BCUT2D eigenvalue weighted by molar-refractivity contribution is 6.32. The summed E-state index contributed by atoms with van der Waals surface area (Å²) in [6.07, 6.45) is 3.69. The Balaban J connectivity index is 1.91. The van der Waals surface area contributed by atoms with Crippen LogP contribution in [0.5, 0.6) is 5.75 Å². The topological polar surface area (TPSA) is 70.6 Å². The molecule has 0 unspecified atom stereocenters. The van der Waals surface area contributed by atoms with Crippen LogP contribution in [0.4, 0.5) is 10.5 Å². The van der Waals surface area contributed by atoms with Gasteiger partial charge in [-0.2, -0.15) is 0 Å². The Morgan fingerprint density at radius 3 is 2.73 bits per heavy atom. The molecule has 0 aromatic heterocycles. The molecule has 0 radical (unpaired) electrons. The molecule has 1 fully saturated rings. The van der Waals surface area contributed by atoms with Gasteiger partial charge in [0.25, 0.3) is 0 Å². The number of hydrogen-bond donors (Lipinski definition) is 3. The highest BCUT2D eigenvalue weighted by Gasteiger charge is 2.22. The number of urea groups is 1. The zero-order valence-electron chi connectivity index (χ0n) is 12.8. The Morgan fingerprint density at radius 1 is 1.36 bits per heavy atom.